The molecule has 1 amide bonds. The van der Waals surface area contributed by atoms with Gasteiger partial charge in [0.1, 0.15) is 5.82 Å². The Hall–Kier alpha value is -2.19. The topological polar surface area (TPSA) is 101 Å². The molecule has 2 rings (SSSR count). The zero-order valence-corrected chi connectivity index (χ0v) is 13.8. The number of rotatable bonds is 6. The zero-order valence-electron chi connectivity index (χ0n) is 13.0. The highest BCUT2D eigenvalue weighted by Crippen LogP contribution is 2.17. The molecule has 0 aliphatic rings. The molecular weight excluding hydrogens is 318 g/mol. The van der Waals surface area contributed by atoms with Crippen molar-refractivity contribution in [3.05, 3.63) is 41.1 Å². The molecule has 23 heavy (non-hydrogen) atoms. The van der Waals surface area contributed by atoms with E-state index in [1.54, 1.807) is 18.2 Å². The summed E-state index contributed by atoms with van der Waals surface area (Å²) in [6, 6.07) is 5.13. The molecule has 0 fully saturated rings. The summed E-state index contributed by atoms with van der Waals surface area (Å²) in [6.07, 6.45) is 2.47. The number of aryl methyl sites for hydroxylation is 1. The van der Waals surface area contributed by atoms with E-state index in [1.165, 1.54) is 6.08 Å². The number of imidazole rings is 1. The van der Waals surface area contributed by atoms with Gasteiger partial charge >= 0.3 is 0 Å². The molecule has 0 atom stereocenters. The van der Waals surface area contributed by atoms with Gasteiger partial charge in [-0.15, -0.1) is 0 Å². The van der Waals surface area contributed by atoms with E-state index in [0.29, 0.717) is 17.6 Å². The van der Waals surface area contributed by atoms with E-state index in [9.17, 15) is 13.2 Å². The van der Waals surface area contributed by atoms with Crippen LogP contribution in [0.4, 0.5) is 0 Å². The molecule has 8 heteroatoms. The number of nitrogens with one attached hydrogen (secondary N) is 1. The summed E-state index contributed by atoms with van der Waals surface area (Å²) < 4.78 is 23.8. The van der Waals surface area contributed by atoms with Crippen LogP contribution in [-0.4, -0.2) is 48.4 Å². The molecule has 0 unspecified atom stereocenters. The maximum Gasteiger partial charge on any atom is 0.251 e. The number of carbonyl (C=O) groups is 1. The number of aromatic nitrogens is 2. The highest BCUT2D eigenvalue weighted by atomic mass is 32.2. The summed E-state index contributed by atoms with van der Waals surface area (Å²) in [7, 11) is -3.19. The van der Waals surface area contributed by atoms with Crippen LogP contribution in [0.1, 0.15) is 16.2 Å². The Labute approximate surface area is 134 Å². The molecule has 1 aromatic carbocycles. The molecule has 1 heterocycles. The van der Waals surface area contributed by atoms with Crippen molar-refractivity contribution in [1.82, 2.24) is 14.9 Å². The number of aliphatic hydroxyl groups excluding tert-OH is 1. The first-order valence-electron chi connectivity index (χ1n) is 7.04. The predicted molar refractivity (Wildman–Crippen MR) is 87.9 cm³/mol. The van der Waals surface area contributed by atoms with E-state index in [0.717, 1.165) is 23.0 Å². The van der Waals surface area contributed by atoms with Crippen molar-refractivity contribution in [2.75, 3.05) is 19.4 Å². The van der Waals surface area contributed by atoms with Crippen LogP contribution in [0, 0.1) is 6.92 Å². The number of amides is 1. The lowest BCUT2D eigenvalue weighted by atomic mass is 10.2. The molecule has 0 spiro atoms. The minimum absolute atomic E-state index is 0.0151. The van der Waals surface area contributed by atoms with Crippen LogP contribution in [0.5, 0.6) is 0 Å². The molecule has 0 aliphatic heterocycles. The number of benzene rings is 1. The lowest BCUT2D eigenvalue weighted by Crippen LogP contribution is -2.23. The Morgan fingerprint density at radius 2 is 2.17 bits per heavy atom. The molecule has 0 bridgehead atoms. The van der Waals surface area contributed by atoms with E-state index in [2.05, 4.69) is 10.3 Å². The first kappa shape index (κ1) is 17.2. The molecule has 0 saturated carbocycles. The fourth-order valence-electron chi connectivity index (χ4n) is 2.25. The first-order chi connectivity index (χ1) is 10.8. The van der Waals surface area contributed by atoms with E-state index in [-0.39, 0.29) is 19.1 Å². The molecular formula is C15H19N3O4S. The number of hydrogen-bond donors (Lipinski definition) is 2. The molecule has 2 N–H and O–H groups in total. The van der Waals surface area contributed by atoms with Gasteiger partial charge < -0.3 is 15.0 Å². The van der Waals surface area contributed by atoms with Gasteiger partial charge in [-0.3, -0.25) is 4.79 Å². The number of carbonyl (C=O) groups excluding carboxylic acids is 1. The van der Waals surface area contributed by atoms with Gasteiger partial charge in [0.15, 0.2) is 9.84 Å². The third-order valence-electron chi connectivity index (χ3n) is 3.25. The lowest BCUT2D eigenvalue weighted by molar-refractivity contribution is 0.0958. The molecule has 2 aromatic rings. The van der Waals surface area contributed by atoms with Gasteiger partial charge in [0, 0.05) is 30.3 Å². The summed E-state index contributed by atoms with van der Waals surface area (Å²) in [5.74, 6) is 0.460. The van der Waals surface area contributed by atoms with Gasteiger partial charge in [-0.2, -0.15) is 0 Å². The number of aliphatic hydroxyl groups is 1. The van der Waals surface area contributed by atoms with Gasteiger partial charge in [0.05, 0.1) is 17.6 Å². The maximum atomic E-state index is 12.1. The Morgan fingerprint density at radius 3 is 2.83 bits per heavy atom. The summed E-state index contributed by atoms with van der Waals surface area (Å²) in [5, 5.41) is 12.8. The van der Waals surface area contributed by atoms with Crippen LogP contribution in [0.3, 0.4) is 0 Å². The van der Waals surface area contributed by atoms with Crippen molar-refractivity contribution in [2.24, 2.45) is 0 Å². The van der Waals surface area contributed by atoms with Crippen molar-refractivity contribution >= 4 is 26.8 Å². The smallest absolute Gasteiger partial charge is 0.251 e. The Bertz CT molecular complexity index is 853. The molecule has 7 nitrogen and oxygen atoms in total. The molecule has 0 radical (unpaired) electrons. The van der Waals surface area contributed by atoms with E-state index >= 15 is 0 Å². The standard InChI is InChI=1S/C15H19N3O4S/c1-11-17-13-10-12(4-5-14(13)18(11)7-8-19)15(20)16-6-3-9-23(2,21)22/h3-5,9-10,19H,6-8H2,1-2H3,(H,16,20)/b9-3+. The monoisotopic (exact) mass is 337 g/mol. The van der Waals surface area contributed by atoms with E-state index in [4.69, 9.17) is 5.11 Å². The second-order valence-corrected chi connectivity index (χ2v) is 7.08. The Balaban J connectivity index is 2.14. The number of fused-ring (bicyclic) bond motifs is 1. The van der Waals surface area contributed by atoms with Gasteiger partial charge in [0.25, 0.3) is 5.91 Å². The van der Waals surface area contributed by atoms with Crippen molar-refractivity contribution < 1.29 is 18.3 Å². The number of hydrogen-bond acceptors (Lipinski definition) is 5. The van der Waals surface area contributed by atoms with Gasteiger partial charge in [0.2, 0.25) is 0 Å². The summed E-state index contributed by atoms with van der Waals surface area (Å²) in [6.45, 7) is 2.43. The fourth-order valence-corrected chi connectivity index (χ4v) is 2.70. The van der Waals surface area contributed by atoms with Crippen LogP contribution in [0.2, 0.25) is 0 Å². The zero-order chi connectivity index (χ0) is 17.0. The third-order valence-corrected chi connectivity index (χ3v) is 3.94. The van der Waals surface area contributed by atoms with E-state index < -0.39 is 9.84 Å². The van der Waals surface area contributed by atoms with Crippen molar-refractivity contribution in [3.63, 3.8) is 0 Å². The summed E-state index contributed by atoms with van der Waals surface area (Å²) >= 11 is 0. The SMILES string of the molecule is Cc1nc2cc(C(=O)NC/C=C/S(C)(=O)=O)ccc2n1CCO. The second-order valence-electron chi connectivity index (χ2n) is 5.15. The molecule has 1 aromatic heterocycles. The minimum Gasteiger partial charge on any atom is -0.395 e. The van der Waals surface area contributed by atoms with Crippen molar-refractivity contribution in [3.8, 4) is 0 Å². The van der Waals surface area contributed by atoms with Gasteiger partial charge in [-0.25, -0.2) is 13.4 Å². The average molecular weight is 337 g/mol. The average Bonchev–Trinajstić information content (AvgIpc) is 2.78. The van der Waals surface area contributed by atoms with Crippen LogP contribution >= 0.6 is 0 Å². The highest BCUT2D eigenvalue weighted by molar-refractivity contribution is 7.93. The van der Waals surface area contributed by atoms with Crippen LogP contribution in [0.15, 0.2) is 29.7 Å². The second kappa shape index (κ2) is 6.93. The fraction of sp³-hybridized carbons (Fsp3) is 0.333. The Morgan fingerprint density at radius 1 is 1.43 bits per heavy atom. The van der Waals surface area contributed by atoms with Crippen molar-refractivity contribution in [1.29, 1.82) is 0 Å². The number of sulfone groups is 1. The normalized spacial score (nSPS) is 12.1. The highest BCUT2D eigenvalue weighted by Gasteiger charge is 2.10. The quantitative estimate of drug-likeness (QED) is 0.805. The van der Waals surface area contributed by atoms with E-state index in [1.807, 2.05) is 11.5 Å². The van der Waals surface area contributed by atoms with Gasteiger partial charge in [-0.05, 0) is 25.1 Å². The summed E-state index contributed by atoms with van der Waals surface area (Å²) in [4.78, 5) is 16.4. The first-order valence-corrected chi connectivity index (χ1v) is 9.00. The minimum atomic E-state index is -3.19. The van der Waals surface area contributed by atoms with Crippen LogP contribution < -0.4 is 5.32 Å². The number of nitrogens with zero attached hydrogens (tertiary/aromatic N) is 2. The van der Waals surface area contributed by atoms with Crippen LogP contribution in [-0.2, 0) is 16.4 Å². The van der Waals surface area contributed by atoms with Crippen molar-refractivity contribution in [2.45, 2.75) is 13.5 Å². The lowest BCUT2D eigenvalue weighted by Gasteiger charge is -2.05. The Kier molecular flexibility index (Phi) is 5.17. The molecule has 0 saturated heterocycles. The summed E-state index contributed by atoms with van der Waals surface area (Å²) in [5.41, 5.74) is 1.97. The van der Waals surface area contributed by atoms with Gasteiger partial charge in [-0.1, -0.05) is 6.08 Å². The molecule has 0 aliphatic carbocycles. The maximum absolute atomic E-state index is 12.1. The largest absolute Gasteiger partial charge is 0.395 e. The third kappa shape index (κ3) is 4.40. The van der Waals surface area contributed by atoms with Crippen LogP contribution in [0.25, 0.3) is 11.0 Å². The molecule has 124 valence electrons. The predicted octanol–water partition coefficient (Wildman–Crippen LogP) is 0.625.